The van der Waals surface area contributed by atoms with Crippen LogP contribution in [0.4, 0.5) is 11.4 Å². The van der Waals surface area contributed by atoms with Gasteiger partial charge in [-0.1, -0.05) is 0 Å². The Morgan fingerprint density at radius 2 is 1.77 bits per heavy atom. The first-order valence-corrected chi connectivity index (χ1v) is 10.1. The molecule has 1 fully saturated rings. The van der Waals surface area contributed by atoms with Gasteiger partial charge in [-0.3, -0.25) is 9.69 Å². The average Bonchev–Trinajstić information content (AvgIpc) is 2.79. The van der Waals surface area contributed by atoms with Crippen LogP contribution in [-0.4, -0.2) is 64.4 Å². The molecule has 8 heteroatoms. The SMILES string of the molecule is COc1ccc(N2CCN(CC(=O)Nc3cc(OC)c(OC)cc3C#N)C[C@H]2C)cc1. The number of hydrogen-bond acceptors (Lipinski definition) is 7. The molecule has 0 aliphatic carbocycles. The summed E-state index contributed by atoms with van der Waals surface area (Å²) >= 11 is 0. The summed E-state index contributed by atoms with van der Waals surface area (Å²) in [5.41, 5.74) is 1.88. The van der Waals surface area contributed by atoms with E-state index in [4.69, 9.17) is 14.2 Å². The van der Waals surface area contributed by atoms with Crippen molar-refractivity contribution < 1.29 is 19.0 Å². The van der Waals surface area contributed by atoms with Gasteiger partial charge in [0.25, 0.3) is 0 Å². The number of piperazine rings is 1. The van der Waals surface area contributed by atoms with Crippen LogP contribution in [0.5, 0.6) is 17.2 Å². The molecule has 2 aromatic rings. The van der Waals surface area contributed by atoms with Crippen molar-refractivity contribution in [1.29, 1.82) is 5.26 Å². The van der Waals surface area contributed by atoms with E-state index in [-0.39, 0.29) is 18.5 Å². The molecule has 0 spiro atoms. The molecule has 1 heterocycles. The molecular formula is C23H28N4O4. The molecule has 0 saturated carbocycles. The van der Waals surface area contributed by atoms with Crippen LogP contribution in [-0.2, 0) is 4.79 Å². The number of ether oxygens (including phenoxy) is 3. The van der Waals surface area contributed by atoms with Crippen LogP contribution in [0, 0.1) is 11.3 Å². The molecule has 1 saturated heterocycles. The van der Waals surface area contributed by atoms with Crippen LogP contribution in [0.25, 0.3) is 0 Å². The summed E-state index contributed by atoms with van der Waals surface area (Å²) in [6, 6.07) is 13.5. The normalized spacial score (nSPS) is 16.4. The van der Waals surface area contributed by atoms with Gasteiger partial charge in [0, 0.05) is 43.5 Å². The Balaban J connectivity index is 1.61. The third-order valence-corrected chi connectivity index (χ3v) is 5.40. The van der Waals surface area contributed by atoms with Crippen LogP contribution in [0.3, 0.4) is 0 Å². The molecule has 1 atom stereocenters. The van der Waals surface area contributed by atoms with E-state index in [1.54, 1.807) is 19.2 Å². The fourth-order valence-corrected chi connectivity index (χ4v) is 3.80. The Morgan fingerprint density at radius 3 is 2.35 bits per heavy atom. The van der Waals surface area contributed by atoms with Gasteiger partial charge >= 0.3 is 0 Å². The van der Waals surface area contributed by atoms with Gasteiger partial charge in [-0.15, -0.1) is 0 Å². The van der Waals surface area contributed by atoms with Crippen molar-refractivity contribution in [3.05, 3.63) is 42.0 Å². The maximum Gasteiger partial charge on any atom is 0.238 e. The quantitative estimate of drug-likeness (QED) is 0.731. The summed E-state index contributed by atoms with van der Waals surface area (Å²) in [6.07, 6.45) is 0. The van der Waals surface area contributed by atoms with Crippen molar-refractivity contribution in [2.75, 3.05) is 57.7 Å². The number of hydrogen-bond donors (Lipinski definition) is 1. The van der Waals surface area contributed by atoms with Gasteiger partial charge in [-0.25, -0.2) is 0 Å². The molecule has 1 N–H and O–H groups in total. The Labute approximate surface area is 182 Å². The molecule has 0 unspecified atom stereocenters. The van der Waals surface area contributed by atoms with Crippen LogP contribution in [0.1, 0.15) is 12.5 Å². The van der Waals surface area contributed by atoms with Crippen LogP contribution in [0.15, 0.2) is 36.4 Å². The van der Waals surface area contributed by atoms with Crippen molar-refractivity contribution in [2.45, 2.75) is 13.0 Å². The van der Waals surface area contributed by atoms with E-state index >= 15 is 0 Å². The fraction of sp³-hybridized carbons (Fsp3) is 0.391. The number of nitrogens with one attached hydrogen (secondary N) is 1. The predicted octanol–water partition coefficient (Wildman–Crippen LogP) is 2.73. The number of nitrogens with zero attached hydrogens (tertiary/aromatic N) is 3. The largest absolute Gasteiger partial charge is 0.497 e. The minimum absolute atomic E-state index is 0.172. The summed E-state index contributed by atoms with van der Waals surface area (Å²) < 4.78 is 15.7. The van der Waals surface area contributed by atoms with Gasteiger partial charge in [-0.05, 0) is 31.2 Å². The van der Waals surface area contributed by atoms with Gasteiger partial charge < -0.3 is 24.4 Å². The number of carbonyl (C=O) groups is 1. The average molecular weight is 425 g/mol. The molecule has 8 nitrogen and oxygen atoms in total. The second-order valence-corrected chi connectivity index (χ2v) is 7.39. The number of carbonyl (C=O) groups excluding carboxylic acids is 1. The Bertz CT molecular complexity index is 955. The molecule has 0 radical (unpaired) electrons. The molecule has 3 rings (SSSR count). The summed E-state index contributed by atoms with van der Waals surface area (Å²) in [4.78, 5) is 17.1. The molecule has 1 aliphatic heterocycles. The zero-order chi connectivity index (χ0) is 22.4. The molecule has 2 aromatic carbocycles. The van der Waals surface area contributed by atoms with Gasteiger partial charge in [0.2, 0.25) is 5.91 Å². The molecule has 31 heavy (non-hydrogen) atoms. The highest BCUT2D eigenvalue weighted by Gasteiger charge is 2.25. The van der Waals surface area contributed by atoms with Crippen molar-refractivity contribution in [1.82, 2.24) is 4.90 Å². The third kappa shape index (κ3) is 5.19. The van der Waals surface area contributed by atoms with Gasteiger partial charge in [0.05, 0.1) is 39.1 Å². The molecular weight excluding hydrogens is 396 g/mol. The van der Waals surface area contributed by atoms with E-state index < -0.39 is 0 Å². The highest BCUT2D eigenvalue weighted by Crippen LogP contribution is 2.33. The van der Waals surface area contributed by atoms with Crippen LogP contribution in [0.2, 0.25) is 0 Å². The Hall–Kier alpha value is -3.44. The van der Waals surface area contributed by atoms with Crippen LogP contribution >= 0.6 is 0 Å². The Kier molecular flexibility index (Phi) is 7.21. The van der Waals surface area contributed by atoms with Crippen molar-refractivity contribution >= 4 is 17.3 Å². The minimum atomic E-state index is -0.172. The molecule has 0 aromatic heterocycles. The maximum atomic E-state index is 12.7. The molecule has 164 valence electrons. The standard InChI is InChI=1S/C23H28N4O4/c1-16-14-26(9-10-27(16)18-5-7-19(29-2)8-6-18)15-23(28)25-20-12-22(31-4)21(30-3)11-17(20)13-24/h5-8,11-12,16H,9-10,14-15H2,1-4H3,(H,25,28)/t16-/m1/s1. The molecule has 1 amide bonds. The second-order valence-electron chi connectivity index (χ2n) is 7.39. The number of benzene rings is 2. The topological polar surface area (TPSA) is 87.1 Å². The second kappa shape index (κ2) is 10.0. The summed E-state index contributed by atoms with van der Waals surface area (Å²) in [7, 11) is 4.67. The summed E-state index contributed by atoms with van der Waals surface area (Å²) in [5, 5.41) is 12.3. The maximum absolute atomic E-state index is 12.7. The zero-order valence-electron chi connectivity index (χ0n) is 18.3. The summed E-state index contributed by atoms with van der Waals surface area (Å²) in [6.45, 7) is 4.74. The van der Waals surface area contributed by atoms with E-state index in [0.717, 1.165) is 31.1 Å². The number of nitriles is 1. The first-order valence-electron chi connectivity index (χ1n) is 10.1. The first kappa shape index (κ1) is 22.2. The number of anilines is 2. The van der Waals surface area contributed by atoms with Gasteiger partial charge in [0.15, 0.2) is 11.5 Å². The highest BCUT2D eigenvalue weighted by molar-refractivity contribution is 5.94. The fourth-order valence-electron chi connectivity index (χ4n) is 3.80. The molecule has 0 bridgehead atoms. The lowest BCUT2D eigenvalue weighted by Crippen LogP contribution is -2.53. The lowest BCUT2D eigenvalue weighted by atomic mass is 10.1. The van der Waals surface area contributed by atoms with Crippen LogP contribution < -0.4 is 24.4 Å². The predicted molar refractivity (Wildman–Crippen MR) is 119 cm³/mol. The number of rotatable bonds is 7. The van der Waals surface area contributed by atoms with Gasteiger partial charge in [0.1, 0.15) is 11.8 Å². The van der Waals surface area contributed by atoms with Crippen molar-refractivity contribution in [3.63, 3.8) is 0 Å². The molecule has 1 aliphatic rings. The van der Waals surface area contributed by atoms with Crippen molar-refractivity contribution in [3.8, 4) is 23.3 Å². The lowest BCUT2D eigenvalue weighted by molar-refractivity contribution is -0.117. The smallest absolute Gasteiger partial charge is 0.238 e. The number of amides is 1. The van der Waals surface area contributed by atoms with E-state index in [2.05, 4.69) is 40.2 Å². The first-order chi connectivity index (χ1) is 15.0. The zero-order valence-corrected chi connectivity index (χ0v) is 18.3. The van der Waals surface area contributed by atoms with Crippen molar-refractivity contribution in [2.24, 2.45) is 0 Å². The van der Waals surface area contributed by atoms with E-state index in [1.807, 2.05) is 12.1 Å². The van der Waals surface area contributed by atoms with E-state index in [0.29, 0.717) is 22.7 Å². The van der Waals surface area contributed by atoms with E-state index in [9.17, 15) is 10.1 Å². The minimum Gasteiger partial charge on any atom is -0.497 e. The monoisotopic (exact) mass is 424 g/mol. The van der Waals surface area contributed by atoms with E-state index in [1.165, 1.54) is 14.2 Å². The Morgan fingerprint density at radius 1 is 1.10 bits per heavy atom. The number of methoxy groups -OCH3 is 3. The van der Waals surface area contributed by atoms with Gasteiger partial charge in [-0.2, -0.15) is 5.26 Å². The summed E-state index contributed by atoms with van der Waals surface area (Å²) in [5.74, 6) is 1.56. The highest BCUT2D eigenvalue weighted by atomic mass is 16.5. The third-order valence-electron chi connectivity index (χ3n) is 5.40. The lowest BCUT2D eigenvalue weighted by Gasteiger charge is -2.41.